The molecule has 0 bridgehead atoms. The second-order valence-electron chi connectivity index (χ2n) is 10.6. The number of fused-ring (bicyclic) bond motifs is 1. The molecule has 0 unspecified atom stereocenters. The van der Waals surface area contributed by atoms with Gasteiger partial charge in [-0.05, 0) is 96.3 Å². The van der Waals surface area contributed by atoms with E-state index in [0.29, 0.717) is 0 Å². The van der Waals surface area contributed by atoms with Gasteiger partial charge in [0.25, 0.3) is 0 Å². The fourth-order valence-electron chi connectivity index (χ4n) is 6.58. The lowest BCUT2D eigenvalue weighted by molar-refractivity contribution is -0.659. The Bertz CT molecular complexity index is 1330. The summed E-state index contributed by atoms with van der Waals surface area (Å²) in [4.78, 5) is 4.32. The van der Waals surface area contributed by atoms with E-state index < -0.39 is 0 Å². The normalized spacial score (nSPS) is 17.1. The van der Waals surface area contributed by atoms with Crippen molar-refractivity contribution in [2.45, 2.75) is 70.1 Å². The third-order valence-electron chi connectivity index (χ3n) is 8.48. The van der Waals surface area contributed by atoms with Gasteiger partial charge in [-0.25, -0.2) is 4.57 Å². The molecule has 2 aromatic carbocycles. The number of nitrogens with zero attached hydrogens (tertiary/aromatic N) is 2. The zero-order valence-electron chi connectivity index (χ0n) is 20.6. The lowest BCUT2D eigenvalue weighted by atomic mass is 9.83. The summed E-state index contributed by atoms with van der Waals surface area (Å²) < 4.78 is 2.34. The Kier molecular flexibility index (Phi) is 5.69. The van der Waals surface area contributed by atoms with Crippen LogP contribution in [0.5, 0.6) is 0 Å². The third kappa shape index (κ3) is 3.83. The van der Waals surface area contributed by atoms with Gasteiger partial charge >= 0.3 is 0 Å². The van der Waals surface area contributed by atoms with Crippen LogP contribution in [0.25, 0.3) is 33.2 Å². The van der Waals surface area contributed by atoms with Gasteiger partial charge in [-0.1, -0.05) is 43.9 Å². The Balaban J connectivity index is 1.54. The van der Waals surface area contributed by atoms with E-state index in [-0.39, 0.29) is 0 Å². The SMILES string of the molecule is Cc1c(-c2c3ccc(-c4cccnc4)cc3cc[n+]2C)cc(C2CCCC2)cc1C1CCCC1. The molecule has 6 rings (SSSR count). The minimum atomic E-state index is 0.733. The summed E-state index contributed by atoms with van der Waals surface area (Å²) in [5, 5.41) is 2.63. The van der Waals surface area contributed by atoms with Crippen molar-refractivity contribution in [1.82, 2.24) is 4.98 Å². The molecule has 4 aromatic rings. The van der Waals surface area contributed by atoms with Crippen molar-refractivity contribution in [3.05, 3.63) is 83.8 Å². The van der Waals surface area contributed by atoms with Crippen molar-refractivity contribution < 1.29 is 4.57 Å². The average Bonchev–Trinajstić information content (AvgIpc) is 3.60. The number of aryl methyl sites for hydroxylation is 1. The van der Waals surface area contributed by atoms with Crippen LogP contribution in [-0.2, 0) is 7.05 Å². The zero-order valence-corrected chi connectivity index (χ0v) is 20.6. The van der Waals surface area contributed by atoms with E-state index in [0.717, 1.165) is 11.8 Å². The van der Waals surface area contributed by atoms with Gasteiger partial charge in [0.2, 0.25) is 5.69 Å². The van der Waals surface area contributed by atoms with Gasteiger partial charge in [0.05, 0.1) is 10.9 Å². The summed E-state index contributed by atoms with van der Waals surface area (Å²) in [6, 6.07) is 18.5. The molecule has 0 spiro atoms. The Hall–Kier alpha value is -3.00. The van der Waals surface area contributed by atoms with Gasteiger partial charge in [-0.15, -0.1) is 0 Å². The highest BCUT2D eigenvalue weighted by Crippen LogP contribution is 2.43. The number of hydrogen-bond donors (Lipinski definition) is 0. The smallest absolute Gasteiger partial charge is 0.220 e. The second kappa shape index (κ2) is 8.98. The molecule has 2 fully saturated rings. The largest absolute Gasteiger partial charge is 0.264 e. The lowest BCUT2D eigenvalue weighted by Crippen LogP contribution is -2.31. The standard InChI is InChI=1S/C32H35N2/c1-22-30(24-10-5-6-11-24)19-28(23-8-3-4-9-23)20-31(22)32-29-14-13-25(27-12-7-16-33-21-27)18-26(29)15-17-34(32)2/h7,12-21,23-24H,3-6,8-11H2,1-2H3/q+1. The van der Waals surface area contributed by atoms with E-state index in [9.17, 15) is 0 Å². The van der Waals surface area contributed by atoms with Crippen molar-refractivity contribution in [3.8, 4) is 22.4 Å². The highest BCUT2D eigenvalue weighted by Gasteiger charge is 2.27. The average molecular weight is 448 g/mol. The molecule has 2 aliphatic carbocycles. The maximum absolute atomic E-state index is 4.32. The van der Waals surface area contributed by atoms with Gasteiger partial charge in [0.1, 0.15) is 7.05 Å². The number of hydrogen-bond acceptors (Lipinski definition) is 1. The molecule has 2 heteroatoms. The molecule has 172 valence electrons. The quantitative estimate of drug-likeness (QED) is 0.289. The van der Waals surface area contributed by atoms with Crippen molar-refractivity contribution in [2.75, 3.05) is 0 Å². The van der Waals surface area contributed by atoms with Crippen LogP contribution in [0.2, 0.25) is 0 Å². The second-order valence-corrected chi connectivity index (χ2v) is 10.6. The van der Waals surface area contributed by atoms with Crippen molar-refractivity contribution >= 4 is 10.8 Å². The summed E-state index contributed by atoms with van der Waals surface area (Å²) in [6.07, 6.45) is 17.0. The molecular formula is C32H35N2+. The summed E-state index contributed by atoms with van der Waals surface area (Å²) in [5.74, 6) is 1.47. The molecule has 0 aliphatic heterocycles. The predicted molar refractivity (Wildman–Crippen MR) is 141 cm³/mol. The summed E-state index contributed by atoms with van der Waals surface area (Å²) in [7, 11) is 2.21. The van der Waals surface area contributed by atoms with Crippen molar-refractivity contribution in [2.24, 2.45) is 7.05 Å². The highest BCUT2D eigenvalue weighted by atomic mass is 14.9. The van der Waals surface area contributed by atoms with Crippen LogP contribution in [-0.4, -0.2) is 4.98 Å². The molecule has 2 saturated carbocycles. The first kappa shape index (κ1) is 21.5. The fourth-order valence-corrected chi connectivity index (χ4v) is 6.58. The van der Waals surface area contributed by atoms with E-state index in [4.69, 9.17) is 0 Å². The first-order valence-electron chi connectivity index (χ1n) is 13.2. The molecule has 0 atom stereocenters. The van der Waals surface area contributed by atoms with Gasteiger partial charge in [0, 0.05) is 24.0 Å². The molecule has 2 aromatic heterocycles. The summed E-state index contributed by atoms with van der Waals surface area (Å²) >= 11 is 0. The highest BCUT2D eigenvalue weighted by molar-refractivity contribution is 5.96. The first-order chi connectivity index (χ1) is 16.7. The lowest BCUT2D eigenvalue weighted by Gasteiger charge is -2.21. The molecule has 0 saturated heterocycles. The molecular weight excluding hydrogens is 412 g/mol. The van der Waals surface area contributed by atoms with Crippen LogP contribution in [0, 0.1) is 6.92 Å². The fraction of sp³-hybridized carbons (Fsp3) is 0.375. The topological polar surface area (TPSA) is 16.8 Å². The number of rotatable bonds is 4. The van der Waals surface area contributed by atoms with Crippen LogP contribution >= 0.6 is 0 Å². The van der Waals surface area contributed by atoms with Gasteiger partial charge in [-0.2, -0.15) is 0 Å². The molecule has 2 aliphatic rings. The predicted octanol–water partition coefficient (Wildman–Crippen LogP) is 8.02. The van der Waals surface area contributed by atoms with Gasteiger partial charge in [-0.3, -0.25) is 4.98 Å². The molecule has 2 heterocycles. The van der Waals surface area contributed by atoms with Gasteiger partial charge < -0.3 is 0 Å². The maximum Gasteiger partial charge on any atom is 0.220 e. The minimum absolute atomic E-state index is 0.733. The van der Waals surface area contributed by atoms with Crippen LogP contribution in [0.3, 0.4) is 0 Å². The van der Waals surface area contributed by atoms with Crippen LogP contribution < -0.4 is 4.57 Å². The van der Waals surface area contributed by atoms with Crippen molar-refractivity contribution in [1.29, 1.82) is 0 Å². The zero-order chi connectivity index (χ0) is 23.1. The Morgan fingerprint density at radius 1 is 0.824 bits per heavy atom. The monoisotopic (exact) mass is 447 g/mol. The number of pyridine rings is 2. The number of aromatic nitrogens is 2. The summed E-state index contributed by atoms with van der Waals surface area (Å²) in [5.41, 5.74) is 9.89. The van der Waals surface area contributed by atoms with E-state index >= 15 is 0 Å². The Morgan fingerprint density at radius 3 is 2.32 bits per heavy atom. The molecule has 2 nitrogen and oxygen atoms in total. The number of benzene rings is 2. The third-order valence-corrected chi connectivity index (χ3v) is 8.48. The van der Waals surface area contributed by atoms with E-state index in [1.807, 2.05) is 18.5 Å². The van der Waals surface area contributed by atoms with Gasteiger partial charge in [0.15, 0.2) is 6.20 Å². The molecule has 0 amide bonds. The summed E-state index contributed by atoms with van der Waals surface area (Å²) in [6.45, 7) is 2.38. The molecule has 0 N–H and O–H groups in total. The van der Waals surface area contributed by atoms with Crippen LogP contribution in [0.4, 0.5) is 0 Å². The van der Waals surface area contributed by atoms with E-state index in [1.165, 1.54) is 90.1 Å². The Labute approximate surface area is 203 Å². The maximum atomic E-state index is 4.32. The molecule has 34 heavy (non-hydrogen) atoms. The van der Waals surface area contributed by atoms with Crippen LogP contribution in [0.1, 0.15) is 79.9 Å². The molecule has 0 radical (unpaired) electrons. The van der Waals surface area contributed by atoms with Crippen molar-refractivity contribution in [3.63, 3.8) is 0 Å². The van der Waals surface area contributed by atoms with E-state index in [1.54, 1.807) is 11.1 Å². The first-order valence-corrected chi connectivity index (χ1v) is 13.2. The van der Waals surface area contributed by atoms with E-state index in [2.05, 4.69) is 72.2 Å². The minimum Gasteiger partial charge on any atom is -0.264 e. The Morgan fingerprint density at radius 2 is 1.59 bits per heavy atom. The van der Waals surface area contributed by atoms with Crippen LogP contribution in [0.15, 0.2) is 67.1 Å².